The average Bonchev–Trinajstić information content (AvgIpc) is 2.90. The van der Waals surface area contributed by atoms with Gasteiger partial charge in [0, 0.05) is 12.3 Å². The van der Waals surface area contributed by atoms with Gasteiger partial charge in [0.15, 0.2) is 6.10 Å². The number of hydrogen-bond acceptors (Lipinski definition) is 3. The number of hydrogen-bond donors (Lipinski definition) is 2. The first-order chi connectivity index (χ1) is 11.6. The first-order valence-electron chi connectivity index (χ1n) is 9.99. The molecule has 1 rings (SSSR count). The molecule has 140 valence electrons. The Labute approximate surface area is 147 Å². The van der Waals surface area contributed by atoms with Crippen molar-refractivity contribution in [3.8, 4) is 0 Å². The first kappa shape index (κ1) is 21.1. The van der Waals surface area contributed by atoms with Crippen molar-refractivity contribution >= 4 is 11.8 Å². The molecule has 24 heavy (non-hydrogen) atoms. The fourth-order valence-electron chi connectivity index (χ4n) is 3.91. The summed E-state index contributed by atoms with van der Waals surface area (Å²) in [6.07, 6.45) is 13.5. The Morgan fingerprint density at radius 1 is 1.04 bits per heavy atom. The minimum Gasteiger partial charge on any atom is -0.479 e. The van der Waals surface area contributed by atoms with E-state index in [2.05, 4.69) is 6.92 Å². The third-order valence-electron chi connectivity index (χ3n) is 5.45. The Kier molecular flexibility index (Phi) is 11.0. The quantitative estimate of drug-likeness (QED) is 0.448. The van der Waals surface area contributed by atoms with E-state index in [0.717, 1.165) is 38.5 Å². The Balaban J connectivity index is 2.14. The molecular formula is C20H36O4. The van der Waals surface area contributed by atoms with E-state index in [9.17, 15) is 14.7 Å². The van der Waals surface area contributed by atoms with E-state index < -0.39 is 12.1 Å². The first-order valence-corrected chi connectivity index (χ1v) is 9.99. The van der Waals surface area contributed by atoms with Crippen LogP contribution in [0.1, 0.15) is 96.8 Å². The zero-order valence-corrected chi connectivity index (χ0v) is 15.3. The van der Waals surface area contributed by atoms with Gasteiger partial charge in [0.25, 0.3) is 0 Å². The number of carbonyl (C=O) groups is 2. The Morgan fingerprint density at radius 2 is 1.67 bits per heavy atom. The Bertz CT molecular complexity index is 367. The van der Waals surface area contributed by atoms with Crippen molar-refractivity contribution in [1.29, 1.82) is 0 Å². The fourth-order valence-corrected chi connectivity index (χ4v) is 3.91. The van der Waals surface area contributed by atoms with Gasteiger partial charge in [-0.05, 0) is 31.6 Å². The molecule has 1 saturated carbocycles. The summed E-state index contributed by atoms with van der Waals surface area (Å²) in [6.45, 7) is 2.23. The van der Waals surface area contributed by atoms with E-state index in [-0.39, 0.29) is 5.92 Å². The predicted molar refractivity (Wildman–Crippen MR) is 95.9 cm³/mol. The van der Waals surface area contributed by atoms with Crippen LogP contribution >= 0.6 is 0 Å². The normalized spacial score (nSPS) is 22.0. The molecule has 3 atom stereocenters. The van der Waals surface area contributed by atoms with Crippen molar-refractivity contribution in [2.75, 3.05) is 0 Å². The molecule has 0 unspecified atom stereocenters. The summed E-state index contributed by atoms with van der Waals surface area (Å²) in [5.41, 5.74) is 0. The lowest BCUT2D eigenvalue weighted by molar-refractivity contribution is -0.146. The van der Waals surface area contributed by atoms with Crippen LogP contribution < -0.4 is 0 Å². The van der Waals surface area contributed by atoms with Crippen molar-refractivity contribution in [2.45, 2.75) is 103 Å². The second-order valence-electron chi connectivity index (χ2n) is 7.42. The molecular weight excluding hydrogens is 304 g/mol. The van der Waals surface area contributed by atoms with Crippen LogP contribution in [0.3, 0.4) is 0 Å². The highest BCUT2D eigenvalue weighted by Crippen LogP contribution is 2.36. The van der Waals surface area contributed by atoms with E-state index in [0.29, 0.717) is 18.1 Å². The SMILES string of the molecule is CCCCCCCC[C@H]1CCC(=O)[C@@H]1CCCCC[C@H](O)C(=O)O. The number of ketones is 1. The lowest BCUT2D eigenvalue weighted by Crippen LogP contribution is -2.19. The van der Waals surface area contributed by atoms with E-state index in [1.165, 1.54) is 44.9 Å². The summed E-state index contributed by atoms with van der Waals surface area (Å²) in [6, 6.07) is 0. The van der Waals surface area contributed by atoms with Crippen molar-refractivity contribution in [1.82, 2.24) is 0 Å². The molecule has 0 amide bonds. The van der Waals surface area contributed by atoms with E-state index >= 15 is 0 Å². The van der Waals surface area contributed by atoms with Gasteiger partial charge in [-0.2, -0.15) is 0 Å². The van der Waals surface area contributed by atoms with Gasteiger partial charge in [0.05, 0.1) is 0 Å². The lowest BCUT2D eigenvalue weighted by atomic mass is 9.86. The average molecular weight is 341 g/mol. The van der Waals surface area contributed by atoms with Gasteiger partial charge < -0.3 is 10.2 Å². The summed E-state index contributed by atoms with van der Waals surface area (Å²) in [7, 11) is 0. The van der Waals surface area contributed by atoms with Crippen LogP contribution in [0.15, 0.2) is 0 Å². The van der Waals surface area contributed by atoms with Crippen molar-refractivity contribution in [2.24, 2.45) is 11.8 Å². The molecule has 4 heteroatoms. The number of carboxylic acids is 1. The molecule has 1 aliphatic rings. The maximum absolute atomic E-state index is 12.1. The Morgan fingerprint density at radius 3 is 2.38 bits per heavy atom. The smallest absolute Gasteiger partial charge is 0.332 e. The Hall–Kier alpha value is -0.900. The number of aliphatic hydroxyl groups is 1. The highest BCUT2D eigenvalue weighted by atomic mass is 16.4. The molecule has 0 bridgehead atoms. The lowest BCUT2D eigenvalue weighted by Gasteiger charge is -2.18. The van der Waals surface area contributed by atoms with E-state index in [1.54, 1.807) is 0 Å². The van der Waals surface area contributed by atoms with E-state index in [1.807, 2.05) is 0 Å². The topological polar surface area (TPSA) is 74.6 Å². The van der Waals surface area contributed by atoms with Crippen LogP contribution in [-0.2, 0) is 9.59 Å². The maximum atomic E-state index is 12.1. The van der Waals surface area contributed by atoms with Gasteiger partial charge in [0.2, 0.25) is 0 Å². The van der Waals surface area contributed by atoms with Crippen LogP contribution in [0, 0.1) is 11.8 Å². The van der Waals surface area contributed by atoms with E-state index in [4.69, 9.17) is 5.11 Å². The van der Waals surface area contributed by atoms with Gasteiger partial charge in [-0.15, -0.1) is 0 Å². The molecule has 0 aromatic rings. The number of aliphatic carboxylic acids is 1. The van der Waals surface area contributed by atoms with Crippen LogP contribution in [-0.4, -0.2) is 28.1 Å². The molecule has 0 aromatic carbocycles. The monoisotopic (exact) mass is 340 g/mol. The number of carboxylic acid groups (broad SMARTS) is 1. The largest absolute Gasteiger partial charge is 0.479 e. The molecule has 1 aliphatic carbocycles. The van der Waals surface area contributed by atoms with Crippen molar-refractivity contribution < 1.29 is 19.8 Å². The molecule has 0 aromatic heterocycles. The fraction of sp³-hybridized carbons (Fsp3) is 0.900. The predicted octanol–water partition coefficient (Wildman–Crippen LogP) is 4.73. The summed E-state index contributed by atoms with van der Waals surface area (Å²) >= 11 is 0. The second kappa shape index (κ2) is 12.5. The molecule has 0 aliphatic heterocycles. The highest BCUT2D eigenvalue weighted by Gasteiger charge is 2.33. The maximum Gasteiger partial charge on any atom is 0.332 e. The van der Waals surface area contributed by atoms with Gasteiger partial charge in [-0.1, -0.05) is 64.7 Å². The molecule has 0 heterocycles. The van der Waals surface area contributed by atoms with Gasteiger partial charge >= 0.3 is 5.97 Å². The molecule has 0 saturated heterocycles. The number of unbranched alkanes of at least 4 members (excludes halogenated alkanes) is 7. The van der Waals surface area contributed by atoms with Crippen molar-refractivity contribution in [3.63, 3.8) is 0 Å². The zero-order valence-electron chi connectivity index (χ0n) is 15.3. The summed E-state index contributed by atoms with van der Waals surface area (Å²) in [5.74, 6) is 0.120. The van der Waals surface area contributed by atoms with Crippen molar-refractivity contribution in [3.05, 3.63) is 0 Å². The minimum absolute atomic E-state index is 0.241. The number of rotatable bonds is 14. The summed E-state index contributed by atoms with van der Waals surface area (Å²) < 4.78 is 0. The number of aliphatic hydroxyl groups excluding tert-OH is 1. The molecule has 4 nitrogen and oxygen atoms in total. The highest BCUT2D eigenvalue weighted by molar-refractivity contribution is 5.83. The van der Waals surface area contributed by atoms with Gasteiger partial charge in [0.1, 0.15) is 5.78 Å². The minimum atomic E-state index is -1.24. The number of carbonyl (C=O) groups excluding carboxylic acids is 1. The summed E-state index contributed by atoms with van der Waals surface area (Å²) in [5, 5.41) is 17.9. The molecule has 0 spiro atoms. The van der Waals surface area contributed by atoms with Gasteiger partial charge in [-0.3, -0.25) is 4.79 Å². The van der Waals surface area contributed by atoms with Crippen LogP contribution in [0.2, 0.25) is 0 Å². The molecule has 0 radical (unpaired) electrons. The number of Topliss-reactive ketones (excluding diaryl/α,β-unsaturated/α-hetero) is 1. The zero-order chi connectivity index (χ0) is 17.8. The van der Waals surface area contributed by atoms with Gasteiger partial charge in [-0.25, -0.2) is 4.79 Å². The van der Waals surface area contributed by atoms with Crippen LogP contribution in [0.25, 0.3) is 0 Å². The third kappa shape index (κ3) is 8.27. The standard InChI is InChI=1S/C20H36O4/c1-2-3-4-5-6-8-11-16-14-15-18(21)17(16)12-9-7-10-13-19(22)20(23)24/h16-17,19,22H,2-15H2,1H3,(H,23,24)/t16-,17+,19-/m0/s1. The van der Waals surface area contributed by atoms with Crippen LogP contribution in [0.4, 0.5) is 0 Å². The molecule has 1 fully saturated rings. The van der Waals surface area contributed by atoms with Crippen LogP contribution in [0.5, 0.6) is 0 Å². The molecule has 2 N–H and O–H groups in total. The summed E-state index contributed by atoms with van der Waals surface area (Å²) in [4.78, 5) is 22.6. The third-order valence-corrected chi connectivity index (χ3v) is 5.45. The second-order valence-corrected chi connectivity index (χ2v) is 7.42.